The van der Waals surface area contributed by atoms with E-state index in [9.17, 15) is 19.2 Å². The summed E-state index contributed by atoms with van der Waals surface area (Å²) >= 11 is 1.40. The highest BCUT2D eigenvalue weighted by Gasteiger charge is 2.65. The molecule has 0 bridgehead atoms. The highest BCUT2D eigenvalue weighted by molar-refractivity contribution is 8.01. The maximum Gasteiger partial charge on any atom is 0.342 e. The van der Waals surface area contributed by atoms with Crippen LogP contribution >= 0.6 is 24.2 Å². The van der Waals surface area contributed by atoms with Gasteiger partial charge in [0.25, 0.3) is 6.29 Å². The van der Waals surface area contributed by atoms with Crippen LogP contribution in [0.15, 0.2) is 54.6 Å². The Morgan fingerprint density at radius 1 is 1.11 bits per heavy atom. The van der Waals surface area contributed by atoms with Crippen molar-refractivity contribution in [3.05, 3.63) is 71.3 Å². The van der Waals surface area contributed by atoms with Gasteiger partial charge in [0.15, 0.2) is 0 Å². The van der Waals surface area contributed by atoms with Crippen LogP contribution in [-0.2, 0) is 23.9 Å². The Morgan fingerprint density at radius 2 is 1.77 bits per heavy atom. The van der Waals surface area contributed by atoms with E-state index >= 15 is 0 Å². The van der Waals surface area contributed by atoms with Gasteiger partial charge in [0.1, 0.15) is 23.5 Å². The fraction of sp³-hybridized carbons (Fsp3) is 0.333. The molecule has 0 saturated carbocycles. The number of benzene rings is 2. The van der Waals surface area contributed by atoms with Crippen molar-refractivity contribution in [2.24, 2.45) is 5.73 Å². The van der Waals surface area contributed by atoms with Gasteiger partial charge in [0, 0.05) is 10.3 Å². The van der Waals surface area contributed by atoms with Crippen molar-refractivity contribution >= 4 is 47.9 Å². The van der Waals surface area contributed by atoms with Crippen molar-refractivity contribution in [3.63, 3.8) is 0 Å². The summed E-state index contributed by atoms with van der Waals surface area (Å²) in [6.07, 6.45) is -1.16. The third-order valence-electron chi connectivity index (χ3n) is 6.28. The largest absolute Gasteiger partial charge is 0.419 e. The van der Waals surface area contributed by atoms with E-state index in [0.29, 0.717) is 16.7 Å². The number of fused-ring (bicyclic) bond motifs is 2. The average Bonchev–Trinajstić information content (AvgIpc) is 3.28. The summed E-state index contributed by atoms with van der Waals surface area (Å²) in [6.45, 7) is 3.66. The van der Waals surface area contributed by atoms with E-state index in [1.165, 1.54) is 16.7 Å². The summed E-state index contributed by atoms with van der Waals surface area (Å²) in [7, 11) is 0. The van der Waals surface area contributed by atoms with Crippen LogP contribution in [0.5, 0.6) is 0 Å². The van der Waals surface area contributed by atoms with E-state index in [4.69, 9.17) is 15.2 Å². The van der Waals surface area contributed by atoms with Gasteiger partial charge in [-0.2, -0.15) is 0 Å². The minimum Gasteiger partial charge on any atom is -0.419 e. The fourth-order valence-corrected chi connectivity index (χ4v) is 6.17. The summed E-state index contributed by atoms with van der Waals surface area (Å²) < 4.78 is 10.1. The predicted molar refractivity (Wildman–Crippen MR) is 129 cm³/mol. The molecule has 5 rings (SSSR count). The van der Waals surface area contributed by atoms with Gasteiger partial charge >= 0.3 is 11.9 Å². The number of ether oxygens (including phenoxy) is 2. The van der Waals surface area contributed by atoms with E-state index in [1.54, 1.807) is 48.5 Å². The highest BCUT2D eigenvalue weighted by Crippen LogP contribution is 2.51. The van der Waals surface area contributed by atoms with E-state index in [1.807, 2.05) is 19.9 Å². The Kier molecular flexibility index (Phi) is 6.56. The number of cyclic esters (lactones) is 1. The quantitative estimate of drug-likeness (QED) is 0.455. The zero-order valence-electron chi connectivity index (χ0n) is 18.9. The van der Waals surface area contributed by atoms with Gasteiger partial charge in [-0.15, -0.1) is 24.2 Å². The molecule has 3 heterocycles. The molecular formula is C24H24ClN3O6S. The first-order valence-corrected chi connectivity index (χ1v) is 11.7. The molecule has 0 spiro atoms. The van der Waals surface area contributed by atoms with Crippen molar-refractivity contribution in [1.29, 1.82) is 0 Å². The lowest BCUT2D eigenvalue weighted by Crippen LogP contribution is -2.71. The van der Waals surface area contributed by atoms with Crippen molar-refractivity contribution in [1.82, 2.24) is 10.2 Å². The standard InChI is InChI=1S/C24H23N3O6S.ClH/c1-24(2)17(22(31)33-23-14-11-7-6-10-13(14)21(30)32-23)27-19(29)16(20(27)34-24)26-18(28)15(25)12-8-4-3-5-9-12;/h3-11,15-17,20,23H,25H2,1-2H3,(H,26,28);1H/t15?,16-,17+,20-,23?;/m1./s1. The minimum absolute atomic E-state index is 0. The first-order valence-electron chi connectivity index (χ1n) is 10.8. The van der Waals surface area contributed by atoms with Crippen molar-refractivity contribution in [3.8, 4) is 0 Å². The molecule has 0 radical (unpaired) electrons. The smallest absolute Gasteiger partial charge is 0.342 e. The zero-order chi connectivity index (χ0) is 24.2. The molecular weight excluding hydrogens is 494 g/mol. The van der Waals surface area contributed by atoms with Gasteiger partial charge in [-0.1, -0.05) is 48.5 Å². The number of hydrogen-bond acceptors (Lipinski definition) is 8. The van der Waals surface area contributed by atoms with Crippen LogP contribution in [0.4, 0.5) is 0 Å². The lowest BCUT2D eigenvalue weighted by molar-refractivity contribution is -0.180. The van der Waals surface area contributed by atoms with E-state index < -0.39 is 52.4 Å². The molecule has 2 saturated heterocycles. The number of rotatable bonds is 5. The number of carbonyl (C=O) groups excluding carboxylic acids is 4. The Morgan fingerprint density at radius 3 is 2.49 bits per heavy atom. The molecule has 2 unspecified atom stereocenters. The first-order chi connectivity index (χ1) is 16.2. The molecule has 184 valence electrons. The number of thioether (sulfide) groups is 1. The maximum absolute atomic E-state index is 13.2. The molecule has 0 aromatic heterocycles. The summed E-state index contributed by atoms with van der Waals surface area (Å²) in [5.74, 6) is -2.09. The highest BCUT2D eigenvalue weighted by atomic mass is 35.5. The van der Waals surface area contributed by atoms with E-state index in [-0.39, 0.29) is 18.3 Å². The summed E-state index contributed by atoms with van der Waals surface area (Å²) in [4.78, 5) is 52.3. The number of nitrogens with two attached hydrogens (primary N) is 1. The van der Waals surface area contributed by atoms with Crippen LogP contribution in [0, 0.1) is 0 Å². The molecule has 2 aromatic carbocycles. The average molecular weight is 518 g/mol. The van der Waals surface area contributed by atoms with Crippen LogP contribution in [0.3, 0.4) is 0 Å². The van der Waals surface area contributed by atoms with Crippen LogP contribution in [0.1, 0.15) is 47.7 Å². The van der Waals surface area contributed by atoms with Gasteiger partial charge in [-0.05, 0) is 25.5 Å². The van der Waals surface area contributed by atoms with Crippen LogP contribution in [0.25, 0.3) is 0 Å². The Labute approximate surface area is 212 Å². The van der Waals surface area contributed by atoms with Crippen molar-refractivity contribution < 1.29 is 28.7 Å². The zero-order valence-corrected chi connectivity index (χ0v) is 20.5. The molecule has 2 fully saturated rings. The van der Waals surface area contributed by atoms with Crippen molar-refractivity contribution in [2.75, 3.05) is 0 Å². The lowest BCUT2D eigenvalue weighted by Gasteiger charge is -2.44. The molecule has 9 nitrogen and oxygen atoms in total. The number of nitrogens with zero attached hydrogens (tertiary/aromatic N) is 1. The fourth-order valence-electron chi connectivity index (χ4n) is 4.55. The monoisotopic (exact) mass is 517 g/mol. The third kappa shape index (κ3) is 4.15. The molecule has 35 heavy (non-hydrogen) atoms. The number of hydrogen-bond donors (Lipinski definition) is 2. The van der Waals surface area contributed by atoms with Gasteiger partial charge in [0.2, 0.25) is 11.8 Å². The molecule has 3 aliphatic rings. The summed E-state index contributed by atoms with van der Waals surface area (Å²) in [5.41, 5.74) is 7.51. The summed E-state index contributed by atoms with van der Waals surface area (Å²) in [5, 5.41) is 2.29. The van der Waals surface area contributed by atoms with Crippen molar-refractivity contribution in [2.45, 2.75) is 48.4 Å². The van der Waals surface area contributed by atoms with E-state index in [0.717, 1.165) is 0 Å². The third-order valence-corrected chi connectivity index (χ3v) is 7.85. The first kappa shape index (κ1) is 25.0. The second kappa shape index (κ2) is 9.18. The topological polar surface area (TPSA) is 128 Å². The lowest BCUT2D eigenvalue weighted by atomic mass is 9.95. The number of nitrogens with one attached hydrogen (secondary N) is 1. The predicted octanol–water partition coefficient (Wildman–Crippen LogP) is 2.07. The van der Waals surface area contributed by atoms with E-state index in [2.05, 4.69) is 5.32 Å². The minimum atomic E-state index is -1.16. The molecule has 5 atom stereocenters. The second-order valence-electron chi connectivity index (χ2n) is 8.90. The SMILES string of the molecule is CC1(C)S[C@@H]2[C@H](NC(=O)C(N)c3ccccc3)C(=O)N2[C@H]1C(=O)OC1OC(=O)c2ccccc21.Cl. The van der Waals surface area contributed by atoms with Crippen LogP contribution in [-0.4, -0.2) is 50.9 Å². The number of halogens is 1. The Bertz CT molecular complexity index is 1190. The second-order valence-corrected chi connectivity index (χ2v) is 10.7. The summed E-state index contributed by atoms with van der Waals surface area (Å²) in [6, 6.07) is 12.9. The Hall–Kier alpha value is -3.08. The number of carbonyl (C=O) groups is 4. The molecule has 3 aliphatic heterocycles. The molecule has 2 aromatic rings. The maximum atomic E-state index is 13.2. The number of β-lactam (4-membered cyclic amide) rings is 1. The number of amides is 2. The van der Waals surface area contributed by atoms with Gasteiger partial charge in [-0.25, -0.2) is 9.59 Å². The Balaban J connectivity index is 0.00000289. The van der Waals surface area contributed by atoms with Gasteiger partial charge in [0.05, 0.1) is 5.56 Å². The normalized spacial score (nSPS) is 26.4. The van der Waals surface area contributed by atoms with Gasteiger partial charge < -0.3 is 25.4 Å². The molecule has 3 N–H and O–H groups in total. The molecule has 2 amide bonds. The molecule has 11 heteroatoms. The van der Waals surface area contributed by atoms with Crippen LogP contribution in [0.2, 0.25) is 0 Å². The van der Waals surface area contributed by atoms with Gasteiger partial charge in [-0.3, -0.25) is 9.59 Å². The van der Waals surface area contributed by atoms with Crippen LogP contribution < -0.4 is 11.1 Å². The number of esters is 2. The molecule has 0 aliphatic carbocycles.